The Labute approximate surface area is 118 Å². The molecule has 0 atom stereocenters. The van der Waals surface area contributed by atoms with E-state index in [1.54, 1.807) is 4.68 Å². The molecule has 0 unspecified atom stereocenters. The molecule has 2 rings (SSSR count). The zero-order valence-electron chi connectivity index (χ0n) is 12.0. The van der Waals surface area contributed by atoms with Crippen LogP contribution < -0.4 is 5.73 Å². The number of aryl methyl sites for hydroxylation is 2. The van der Waals surface area contributed by atoms with E-state index in [1.165, 1.54) is 0 Å². The van der Waals surface area contributed by atoms with Gasteiger partial charge in [-0.1, -0.05) is 19.1 Å². The Morgan fingerprint density at radius 1 is 1.30 bits per heavy atom. The number of aromatic nitrogens is 4. The zero-order valence-corrected chi connectivity index (χ0v) is 12.0. The van der Waals surface area contributed by atoms with Gasteiger partial charge in [-0.25, -0.2) is 4.68 Å². The molecule has 1 heterocycles. The van der Waals surface area contributed by atoms with Gasteiger partial charge in [0.25, 0.3) is 0 Å². The van der Waals surface area contributed by atoms with Crippen molar-refractivity contribution in [2.45, 2.75) is 33.2 Å². The summed E-state index contributed by atoms with van der Waals surface area (Å²) in [5.41, 5.74) is 8.74. The molecule has 0 amide bonds. The maximum Gasteiger partial charge on any atom is 0.184 e. The highest BCUT2D eigenvalue weighted by molar-refractivity contribution is 5.73. The lowest BCUT2D eigenvalue weighted by Gasteiger charge is -2.09. The van der Waals surface area contributed by atoms with Gasteiger partial charge in [0.2, 0.25) is 0 Å². The van der Waals surface area contributed by atoms with Crippen LogP contribution in [0.15, 0.2) is 18.2 Å². The highest BCUT2D eigenvalue weighted by Gasteiger charge is 2.12. The maximum absolute atomic E-state index is 6.10. The minimum atomic E-state index is 0.710. The average Bonchev–Trinajstić information content (AvgIpc) is 2.90. The van der Waals surface area contributed by atoms with Crippen molar-refractivity contribution in [3.8, 4) is 11.4 Å². The van der Waals surface area contributed by atoms with Gasteiger partial charge in [0.05, 0.1) is 0 Å². The van der Waals surface area contributed by atoms with Gasteiger partial charge in [0.15, 0.2) is 5.82 Å². The first-order chi connectivity index (χ1) is 9.74. The molecule has 0 bridgehead atoms. The molecule has 1 aromatic heterocycles. The molecule has 0 saturated carbocycles. The van der Waals surface area contributed by atoms with Crippen molar-refractivity contribution in [3.05, 3.63) is 23.8 Å². The number of rotatable bonds is 7. The Morgan fingerprint density at radius 3 is 2.95 bits per heavy atom. The lowest BCUT2D eigenvalue weighted by atomic mass is 10.1. The summed E-state index contributed by atoms with van der Waals surface area (Å²) in [4.78, 5) is 0. The third kappa shape index (κ3) is 3.33. The SMILES string of the molecule is CCCOCCCn1nnnc1-c1cccc(C)c1N. The largest absolute Gasteiger partial charge is 0.398 e. The molecule has 108 valence electrons. The van der Waals surface area contributed by atoms with Gasteiger partial charge >= 0.3 is 0 Å². The quantitative estimate of drug-likeness (QED) is 0.618. The van der Waals surface area contributed by atoms with Crippen LogP contribution >= 0.6 is 0 Å². The summed E-state index contributed by atoms with van der Waals surface area (Å²) in [6.45, 7) is 6.31. The summed E-state index contributed by atoms with van der Waals surface area (Å²) < 4.78 is 7.24. The number of ether oxygens (including phenoxy) is 1. The number of benzene rings is 1. The second kappa shape index (κ2) is 7.00. The van der Waals surface area contributed by atoms with Crippen molar-refractivity contribution in [1.82, 2.24) is 20.2 Å². The Morgan fingerprint density at radius 2 is 2.15 bits per heavy atom. The zero-order chi connectivity index (χ0) is 14.4. The first-order valence-electron chi connectivity index (χ1n) is 6.93. The number of nitrogens with two attached hydrogens (primary N) is 1. The topological polar surface area (TPSA) is 78.8 Å². The molecule has 6 heteroatoms. The average molecular weight is 275 g/mol. The summed E-state index contributed by atoms with van der Waals surface area (Å²) in [5.74, 6) is 0.710. The van der Waals surface area contributed by atoms with E-state index in [1.807, 2.05) is 25.1 Å². The summed E-state index contributed by atoms with van der Waals surface area (Å²) in [6, 6.07) is 5.88. The number of tetrazole rings is 1. The van der Waals surface area contributed by atoms with E-state index in [0.29, 0.717) is 5.82 Å². The normalized spacial score (nSPS) is 10.9. The van der Waals surface area contributed by atoms with E-state index in [9.17, 15) is 0 Å². The van der Waals surface area contributed by atoms with E-state index in [4.69, 9.17) is 10.5 Å². The number of nitrogens with zero attached hydrogens (tertiary/aromatic N) is 4. The molecule has 1 aromatic carbocycles. The molecule has 2 N–H and O–H groups in total. The molecular formula is C14H21N5O. The van der Waals surface area contributed by atoms with Gasteiger partial charge in [-0.3, -0.25) is 0 Å². The van der Waals surface area contributed by atoms with Gasteiger partial charge in [-0.2, -0.15) is 0 Å². The van der Waals surface area contributed by atoms with Crippen LogP contribution in [0.3, 0.4) is 0 Å². The summed E-state index contributed by atoms with van der Waals surface area (Å²) >= 11 is 0. The van der Waals surface area contributed by atoms with Crippen molar-refractivity contribution in [2.24, 2.45) is 0 Å². The Bertz CT molecular complexity index is 552. The van der Waals surface area contributed by atoms with E-state index < -0.39 is 0 Å². The first kappa shape index (κ1) is 14.5. The van der Waals surface area contributed by atoms with Gasteiger partial charge in [0.1, 0.15) is 0 Å². The fraction of sp³-hybridized carbons (Fsp3) is 0.500. The number of nitrogen functional groups attached to an aromatic ring is 1. The van der Waals surface area contributed by atoms with Crippen LogP contribution in [0.4, 0.5) is 5.69 Å². The Hall–Kier alpha value is -1.95. The van der Waals surface area contributed by atoms with Crippen LogP contribution in [0, 0.1) is 6.92 Å². The van der Waals surface area contributed by atoms with Crippen LogP contribution in [-0.4, -0.2) is 33.4 Å². The molecule has 0 aliphatic heterocycles. The van der Waals surface area contributed by atoms with Gasteiger partial charge in [-0.05, 0) is 41.8 Å². The second-order valence-corrected chi connectivity index (χ2v) is 4.73. The second-order valence-electron chi connectivity index (χ2n) is 4.73. The van der Waals surface area contributed by atoms with Crippen LogP contribution in [0.2, 0.25) is 0 Å². The molecule has 0 saturated heterocycles. The van der Waals surface area contributed by atoms with Crippen molar-refractivity contribution in [3.63, 3.8) is 0 Å². The van der Waals surface area contributed by atoms with Crippen molar-refractivity contribution in [2.75, 3.05) is 18.9 Å². The molecule has 6 nitrogen and oxygen atoms in total. The predicted octanol–water partition coefficient (Wildman–Crippen LogP) is 2.05. The minimum absolute atomic E-state index is 0.710. The summed E-state index contributed by atoms with van der Waals surface area (Å²) in [6.07, 6.45) is 1.92. The van der Waals surface area contributed by atoms with Gasteiger partial charge in [-0.15, -0.1) is 5.10 Å². The fourth-order valence-electron chi connectivity index (χ4n) is 1.99. The smallest absolute Gasteiger partial charge is 0.184 e. The van der Waals surface area contributed by atoms with Crippen molar-refractivity contribution < 1.29 is 4.74 Å². The Kier molecular flexibility index (Phi) is 5.06. The minimum Gasteiger partial charge on any atom is -0.398 e. The lowest BCUT2D eigenvalue weighted by molar-refractivity contribution is 0.128. The van der Waals surface area contributed by atoms with Crippen molar-refractivity contribution in [1.29, 1.82) is 0 Å². The van der Waals surface area contributed by atoms with E-state index in [0.717, 1.165) is 49.4 Å². The maximum atomic E-state index is 6.10. The third-order valence-electron chi connectivity index (χ3n) is 3.10. The Balaban J connectivity index is 2.06. The molecule has 0 spiro atoms. The van der Waals surface area contributed by atoms with E-state index >= 15 is 0 Å². The molecule has 20 heavy (non-hydrogen) atoms. The molecule has 2 aromatic rings. The van der Waals surface area contributed by atoms with Crippen LogP contribution in [-0.2, 0) is 11.3 Å². The molecule has 0 aliphatic carbocycles. The molecule has 0 radical (unpaired) electrons. The summed E-state index contributed by atoms with van der Waals surface area (Å²) in [7, 11) is 0. The predicted molar refractivity (Wildman–Crippen MR) is 78.1 cm³/mol. The fourth-order valence-corrected chi connectivity index (χ4v) is 1.99. The molecule has 0 fully saturated rings. The van der Waals surface area contributed by atoms with Crippen molar-refractivity contribution >= 4 is 5.69 Å². The highest BCUT2D eigenvalue weighted by atomic mass is 16.5. The monoisotopic (exact) mass is 275 g/mol. The van der Waals surface area contributed by atoms with Gasteiger partial charge in [0, 0.05) is 31.0 Å². The van der Waals surface area contributed by atoms with Crippen LogP contribution in [0.5, 0.6) is 0 Å². The number of para-hydroxylation sites is 1. The molecular weight excluding hydrogens is 254 g/mol. The van der Waals surface area contributed by atoms with E-state index in [2.05, 4.69) is 22.4 Å². The third-order valence-corrected chi connectivity index (χ3v) is 3.10. The van der Waals surface area contributed by atoms with Gasteiger partial charge < -0.3 is 10.5 Å². The number of anilines is 1. The first-order valence-corrected chi connectivity index (χ1v) is 6.93. The highest BCUT2D eigenvalue weighted by Crippen LogP contribution is 2.25. The van der Waals surface area contributed by atoms with Crippen LogP contribution in [0.1, 0.15) is 25.3 Å². The van der Waals surface area contributed by atoms with Crippen LogP contribution in [0.25, 0.3) is 11.4 Å². The summed E-state index contributed by atoms with van der Waals surface area (Å²) in [5, 5.41) is 11.9. The molecule has 0 aliphatic rings. The lowest BCUT2D eigenvalue weighted by Crippen LogP contribution is -2.07. The van der Waals surface area contributed by atoms with E-state index in [-0.39, 0.29) is 0 Å². The number of hydrogen-bond donors (Lipinski definition) is 1. The number of hydrogen-bond acceptors (Lipinski definition) is 5. The standard InChI is InChI=1S/C14H21N5O/c1-3-9-20-10-5-8-19-14(16-17-18-19)12-7-4-6-11(2)13(12)15/h4,6-7H,3,5,8-10,15H2,1-2H3.